The maximum Gasteiger partial charge on any atom is 0.345 e. The van der Waals surface area contributed by atoms with Crippen LogP contribution in [-0.2, 0) is 4.74 Å². The number of rotatable bonds is 2. The van der Waals surface area contributed by atoms with Crippen LogP contribution in [0.25, 0.3) is 0 Å². The summed E-state index contributed by atoms with van der Waals surface area (Å²) in [5.74, 6) is 0. The minimum absolute atomic E-state index is 0.0342. The highest BCUT2D eigenvalue weighted by Crippen LogP contribution is 2.17. The summed E-state index contributed by atoms with van der Waals surface area (Å²) in [4.78, 5) is 12.5. The molecule has 0 aliphatic carbocycles. The quantitative estimate of drug-likeness (QED) is 0.445. The number of halogens is 3. The summed E-state index contributed by atoms with van der Waals surface area (Å²) in [7, 11) is 0. The predicted octanol–water partition coefficient (Wildman–Crippen LogP) is 2.25. The topological polar surface area (TPSA) is 29.5 Å². The van der Waals surface area contributed by atoms with Gasteiger partial charge in [0.15, 0.2) is 0 Å². The molecule has 0 atom stereocenters. The Balaban J connectivity index is 2.26. The van der Waals surface area contributed by atoms with Gasteiger partial charge in [-0.25, -0.2) is 0 Å². The summed E-state index contributed by atoms with van der Waals surface area (Å²) >= 11 is 1.69. The number of piperidine rings is 1. The summed E-state index contributed by atoms with van der Waals surface area (Å²) in [6.07, 6.45) is 0.602. The van der Waals surface area contributed by atoms with Gasteiger partial charge in [-0.15, -0.1) is 0 Å². The van der Waals surface area contributed by atoms with Crippen LogP contribution < -0.4 is 0 Å². The lowest BCUT2D eigenvalue weighted by molar-refractivity contribution is -0.170. The number of alkyl halides is 2. The molecule has 0 aromatic heterocycles. The van der Waals surface area contributed by atoms with Crippen LogP contribution in [-0.4, -0.2) is 34.6 Å². The van der Waals surface area contributed by atoms with Crippen molar-refractivity contribution in [1.82, 2.24) is 4.90 Å². The van der Waals surface area contributed by atoms with Crippen molar-refractivity contribution >= 4 is 26.5 Å². The zero-order chi connectivity index (χ0) is 9.84. The van der Waals surface area contributed by atoms with Crippen LogP contribution in [0.15, 0.2) is 0 Å². The van der Waals surface area contributed by atoms with Gasteiger partial charge in [0, 0.05) is 35.7 Å². The Bertz CT molecular complexity index is 183. The van der Waals surface area contributed by atoms with Gasteiger partial charge in [0.2, 0.25) is 0 Å². The van der Waals surface area contributed by atoms with Crippen molar-refractivity contribution in [2.24, 2.45) is 0 Å². The average molecular weight is 305 g/mol. The lowest BCUT2D eigenvalue weighted by Crippen LogP contribution is -2.38. The first-order valence-corrected chi connectivity index (χ1v) is 5.05. The maximum atomic E-state index is 11.8. The van der Waals surface area contributed by atoms with Gasteiger partial charge in [-0.2, -0.15) is 8.78 Å². The van der Waals surface area contributed by atoms with Gasteiger partial charge in [-0.05, 0) is 12.8 Å². The molecule has 1 aliphatic rings. The van der Waals surface area contributed by atoms with Gasteiger partial charge in [-0.3, -0.25) is 4.79 Å². The molecule has 0 aromatic carbocycles. The Hall–Kier alpha value is 0.0200. The van der Waals surface area contributed by atoms with Crippen LogP contribution in [0.5, 0.6) is 0 Å². The predicted molar refractivity (Wildman–Crippen MR) is 51.1 cm³/mol. The molecule has 1 saturated heterocycles. The van der Waals surface area contributed by atoms with E-state index in [1.807, 2.05) is 0 Å². The molecule has 1 amide bonds. The maximum absolute atomic E-state index is 11.8. The van der Waals surface area contributed by atoms with Crippen LogP contribution in [0.4, 0.5) is 13.6 Å². The normalized spacial score (nSPS) is 19.5. The third-order valence-corrected chi connectivity index (χ3v) is 2.67. The largest absolute Gasteiger partial charge is 0.345 e. The molecule has 1 rings (SSSR count). The first-order valence-electron chi connectivity index (χ1n) is 3.97. The van der Waals surface area contributed by atoms with E-state index in [0.29, 0.717) is 25.9 Å². The highest BCUT2D eigenvalue weighted by Gasteiger charge is 2.23. The summed E-state index contributed by atoms with van der Waals surface area (Å²) in [6.45, 7) is -1.68. The molecule has 0 unspecified atom stereocenters. The number of likely N-dealkylation sites (tertiary alicyclic amines) is 1. The molecule has 13 heavy (non-hydrogen) atoms. The van der Waals surface area contributed by atoms with Crippen LogP contribution in [0, 0.1) is 0 Å². The third-order valence-electron chi connectivity index (χ3n) is 1.99. The van der Waals surface area contributed by atoms with E-state index in [-0.39, 0.29) is 3.91 Å². The van der Waals surface area contributed by atoms with Gasteiger partial charge < -0.3 is 9.64 Å². The van der Waals surface area contributed by atoms with E-state index in [1.165, 1.54) is 0 Å². The highest BCUT2D eigenvalue weighted by atomic mass is 127. The lowest BCUT2D eigenvalue weighted by atomic mass is 10.1. The molecule has 0 aromatic rings. The molecule has 0 saturated carbocycles. The van der Waals surface area contributed by atoms with Crippen molar-refractivity contribution in [2.45, 2.75) is 25.6 Å². The highest BCUT2D eigenvalue weighted by molar-refractivity contribution is 14.1. The van der Waals surface area contributed by atoms with E-state index in [1.54, 1.807) is 27.5 Å². The second-order valence-electron chi connectivity index (χ2n) is 2.84. The smallest absolute Gasteiger partial charge is 0.334 e. The van der Waals surface area contributed by atoms with Crippen molar-refractivity contribution in [2.75, 3.05) is 13.1 Å². The molecule has 76 valence electrons. The number of carbonyl (C=O) groups excluding carboxylic acids is 1. The van der Waals surface area contributed by atoms with Crippen molar-refractivity contribution < 1.29 is 18.3 Å². The Labute approximate surface area is 88.6 Å². The Kier molecular flexibility index (Phi) is 4.30. The lowest BCUT2D eigenvalue weighted by Gasteiger charge is -2.30. The third kappa shape index (κ3) is 3.72. The van der Waals surface area contributed by atoms with Gasteiger partial charge in [0.05, 0.1) is 6.10 Å². The SMILES string of the molecule is O=C(I)N1CCC(OC(F)F)CC1. The fourth-order valence-corrected chi connectivity index (χ4v) is 1.80. The molecule has 1 fully saturated rings. The molecule has 1 aliphatic heterocycles. The zero-order valence-corrected chi connectivity index (χ0v) is 9.04. The zero-order valence-electron chi connectivity index (χ0n) is 6.88. The van der Waals surface area contributed by atoms with Gasteiger partial charge >= 0.3 is 6.61 Å². The van der Waals surface area contributed by atoms with Crippen LogP contribution in [0.3, 0.4) is 0 Å². The Morgan fingerprint density at radius 3 is 2.38 bits per heavy atom. The fraction of sp³-hybridized carbons (Fsp3) is 0.857. The molecular weight excluding hydrogens is 295 g/mol. The average Bonchev–Trinajstić information content (AvgIpc) is 2.04. The van der Waals surface area contributed by atoms with E-state index < -0.39 is 12.7 Å². The van der Waals surface area contributed by atoms with E-state index in [4.69, 9.17) is 0 Å². The minimum Gasteiger partial charge on any atom is -0.334 e. The summed E-state index contributed by atoms with van der Waals surface area (Å²) in [5, 5.41) is 0. The number of carbonyl (C=O) groups is 1. The monoisotopic (exact) mass is 305 g/mol. The van der Waals surface area contributed by atoms with E-state index in [9.17, 15) is 13.6 Å². The molecule has 1 heterocycles. The van der Waals surface area contributed by atoms with Crippen LogP contribution >= 0.6 is 22.6 Å². The summed E-state index contributed by atoms with van der Waals surface area (Å²) in [5.41, 5.74) is 0. The van der Waals surface area contributed by atoms with Crippen molar-refractivity contribution in [3.8, 4) is 0 Å². The van der Waals surface area contributed by atoms with E-state index >= 15 is 0 Å². The standard InChI is InChI=1S/C7H10F2INO2/c8-6(9)13-5-1-3-11(4-2-5)7(10)12/h5-6H,1-4H2. The number of hydrogen-bond acceptors (Lipinski definition) is 2. The molecule has 0 spiro atoms. The number of nitrogens with zero attached hydrogens (tertiary/aromatic N) is 1. The molecular formula is C7H10F2INO2. The Morgan fingerprint density at radius 1 is 1.46 bits per heavy atom. The second-order valence-corrected chi connectivity index (χ2v) is 3.76. The second kappa shape index (κ2) is 5.04. The van der Waals surface area contributed by atoms with Crippen LogP contribution in [0.2, 0.25) is 0 Å². The first kappa shape index (κ1) is 11.1. The van der Waals surface area contributed by atoms with Gasteiger partial charge in [-0.1, -0.05) is 0 Å². The summed E-state index contributed by atoms with van der Waals surface area (Å²) < 4.78 is 27.9. The van der Waals surface area contributed by atoms with E-state index in [0.717, 1.165) is 0 Å². The fourth-order valence-electron chi connectivity index (χ4n) is 1.31. The number of amides is 1. The minimum atomic E-state index is -2.70. The van der Waals surface area contributed by atoms with Gasteiger partial charge in [0.25, 0.3) is 3.91 Å². The number of hydrogen-bond donors (Lipinski definition) is 0. The van der Waals surface area contributed by atoms with Gasteiger partial charge in [0.1, 0.15) is 0 Å². The van der Waals surface area contributed by atoms with Crippen LogP contribution in [0.1, 0.15) is 12.8 Å². The van der Waals surface area contributed by atoms with Crippen molar-refractivity contribution in [1.29, 1.82) is 0 Å². The first-order chi connectivity index (χ1) is 6.09. The van der Waals surface area contributed by atoms with Crippen molar-refractivity contribution in [3.63, 3.8) is 0 Å². The van der Waals surface area contributed by atoms with Crippen molar-refractivity contribution in [3.05, 3.63) is 0 Å². The molecule has 0 N–H and O–H groups in total. The molecule has 0 bridgehead atoms. The molecule has 3 nitrogen and oxygen atoms in total. The Morgan fingerprint density at radius 2 is 2.00 bits per heavy atom. The van der Waals surface area contributed by atoms with E-state index in [2.05, 4.69) is 4.74 Å². The number of ether oxygens (including phenoxy) is 1. The molecule has 0 radical (unpaired) electrons. The molecule has 6 heteroatoms. The summed E-state index contributed by atoms with van der Waals surface area (Å²) in [6, 6.07) is 0.